The van der Waals surface area contributed by atoms with Crippen molar-refractivity contribution in [1.29, 1.82) is 0 Å². The van der Waals surface area contributed by atoms with Crippen molar-refractivity contribution in [2.45, 2.75) is 32.6 Å². The molecule has 0 bridgehead atoms. The molecule has 1 aliphatic heterocycles. The molecule has 0 spiro atoms. The molecule has 0 radical (unpaired) electrons. The van der Waals surface area contributed by atoms with E-state index in [1.54, 1.807) is 0 Å². The summed E-state index contributed by atoms with van der Waals surface area (Å²) in [6.45, 7) is 3.41. The van der Waals surface area contributed by atoms with Crippen molar-refractivity contribution in [2.75, 3.05) is 18.4 Å². The number of nitrogens with zero attached hydrogens (tertiary/aromatic N) is 1. The number of carbonyl (C=O) groups is 2. The van der Waals surface area contributed by atoms with Crippen LogP contribution in [0.4, 0.5) is 5.69 Å². The molecule has 1 saturated heterocycles. The van der Waals surface area contributed by atoms with Crippen molar-refractivity contribution in [3.8, 4) is 0 Å². The van der Waals surface area contributed by atoms with Crippen molar-refractivity contribution >= 4 is 17.5 Å². The van der Waals surface area contributed by atoms with Crippen LogP contribution in [0.5, 0.6) is 0 Å². The van der Waals surface area contributed by atoms with Crippen LogP contribution in [-0.4, -0.2) is 29.8 Å². The van der Waals surface area contributed by atoms with Crippen LogP contribution in [0.1, 0.15) is 30.9 Å². The number of piperidine rings is 1. The standard InChI is InChI=1S/C22H26N2O2/c1-2-17-8-10-20(11-9-17)23-22(26)19-12-14-24(15-13-19)21(25)16-18-6-4-3-5-7-18/h3-11,19H,2,12-16H2,1H3,(H,23,26). The Morgan fingerprint density at radius 3 is 2.23 bits per heavy atom. The number of anilines is 1. The van der Waals surface area contributed by atoms with Gasteiger partial charge >= 0.3 is 0 Å². The molecule has 1 heterocycles. The van der Waals surface area contributed by atoms with E-state index in [0.717, 1.165) is 30.5 Å². The molecule has 1 aliphatic rings. The molecule has 4 nitrogen and oxygen atoms in total. The zero-order valence-corrected chi connectivity index (χ0v) is 15.3. The molecule has 0 unspecified atom stereocenters. The Balaban J connectivity index is 1.48. The fraction of sp³-hybridized carbons (Fsp3) is 0.364. The minimum Gasteiger partial charge on any atom is -0.342 e. The molecule has 2 aromatic carbocycles. The van der Waals surface area contributed by atoms with Crippen LogP contribution in [0.25, 0.3) is 0 Å². The summed E-state index contributed by atoms with van der Waals surface area (Å²) in [4.78, 5) is 26.8. The van der Waals surface area contributed by atoms with Gasteiger partial charge in [0.15, 0.2) is 0 Å². The van der Waals surface area contributed by atoms with Gasteiger partial charge in [0, 0.05) is 24.7 Å². The van der Waals surface area contributed by atoms with Crippen LogP contribution in [0.2, 0.25) is 0 Å². The first-order valence-corrected chi connectivity index (χ1v) is 9.37. The van der Waals surface area contributed by atoms with Crippen LogP contribution in [0.3, 0.4) is 0 Å². The highest BCUT2D eigenvalue weighted by molar-refractivity contribution is 5.92. The Labute approximate surface area is 155 Å². The first-order chi connectivity index (χ1) is 12.7. The number of carbonyl (C=O) groups excluding carboxylic acids is 2. The molecule has 2 aromatic rings. The van der Waals surface area contributed by atoms with Crippen molar-refractivity contribution in [3.63, 3.8) is 0 Å². The Kier molecular flexibility index (Phi) is 6.05. The van der Waals surface area contributed by atoms with Crippen molar-refractivity contribution in [3.05, 3.63) is 65.7 Å². The van der Waals surface area contributed by atoms with Crippen LogP contribution >= 0.6 is 0 Å². The summed E-state index contributed by atoms with van der Waals surface area (Å²) < 4.78 is 0. The molecule has 0 aromatic heterocycles. The molecule has 1 N–H and O–H groups in total. The predicted octanol–water partition coefficient (Wildman–Crippen LogP) is 3.67. The number of amides is 2. The van der Waals surface area contributed by atoms with Gasteiger partial charge in [0.25, 0.3) is 0 Å². The van der Waals surface area contributed by atoms with E-state index in [1.807, 2.05) is 59.5 Å². The second-order valence-electron chi connectivity index (χ2n) is 6.86. The molecular formula is C22H26N2O2. The van der Waals surface area contributed by atoms with Gasteiger partial charge in [0.2, 0.25) is 11.8 Å². The maximum absolute atomic E-state index is 12.5. The minimum absolute atomic E-state index is 0.0263. The molecule has 1 fully saturated rings. The van der Waals surface area contributed by atoms with E-state index in [1.165, 1.54) is 5.56 Å². The topological polar surface area (TPSA) is 49.4 Å². The summed E-state index contributed by atoms with van der Waals surface area (Å²) >= 11 is 0. The first-order valence-electron chi connectivity index (χ1n) is 9.37. The van der Waals surface area contributed by atoms with E-state index in [2.05, 4.69) is 12.2 Å². The van der Waals surface area contributed by atoms with E-state index in [0.29, 0.717) is 19.5 Å². The highest BCUT2D eigenvalue weighted by Gasteiger charge is 2.27. The Morgan fingerprint density at radius 2 is 1.62 bits per heavy atom. The van der Waals surface area contributed by atoms with Crippen LogP contribution in [-0.2, 0) is 22.4 Å². The third-order valence-electron chi connectivity index (χ3n) is 5.05. The third kappa shape index (κ3) is 4.72. The Hall–Kier alpha value is -2.62. The predicted molar refractivity (Wildman–Crippen MR) is 104 cm³/mol. The lowest BCUT2D eigenvalue weighted by molar-refractivity contribution is -0.133. The van der Waals surface area contributed by atoms with Crippen LogP contribution in [0, 0.1) is 5.92 Å². The van der Waals surface area contributed by atoms with E-state index < -0.39 is 0 Å². The van der Waals surface area contributed by atoms with E-state index >= 15 is 0 Å². The number of hydrogen-bond donors (Lipinski definition) is 1. The SMILES string of the molecule is CCc1ccc(NC(=O)C2CCN(C(=O)Cc3ccccc3)CC2)cc1. The summed E-state index contributed by atoms with van der Waals surface area (Å²) in [6.07, 6.45) is 2.87. The lowest BCUT2D eigenvalue weighted by Crippen LogP contribution is -2.42. The van der Waals surface area contributed by atoms with Crippen LogP contribution in [0.15, 0.2) is 54.6 Å². The Morgan fingerprint density at radius 1 is 0.962 bits per heavy atom. The number of rotatable bonds is 5. The maximum atomic E-state index is 12.5. The number of nitrogens with one attached hydrogen (secondary N) is 1. The molecule has 4 heteroatoms. The van der Waals surface area contributed by atoms with Gasteiger partial charge in [-0.2, -0.15) is 0 Å². The maximum Gasteiger partial charge on any atom is 0.227 e. The number of aryl methyl sites for hydroxylation is 1. The molecule has 0 aliphatic carbocycles. The fourth-order valence-electron chi connectivity index (χ4n) is 3.34. The van der Waals surface area contributed by atoms with Gasteiger partial charge in [-0.1, -0.05) is 49.4 Å². The first kappa shape index (κ1) is 18.2. The van der Waals surface area contributed by atoms with Gasteiger partial charge in [0.05, 0.1) is 6.42 Å². The Bertz CT molecular complexity index is 732. The number of hydrogen-bond acceptors (Lipinski definition) is 2. The fourth-order valence-corrected chi connectivity index (χ4v) is 3.34. The second kappa shape index (κ2) is 8.65. The number of likely N-dealkylation sites (tertiary alicyclic amines) is 1. The van der Waals surface area contributed by atoms with Gasteiger partial charge in [-0.3, -0.25) is 9.59 Å². The normalized spacial score (nSPS) is 14.9. The summed E-state index contributed by atoms with van der Waals surface area (Å²) in [5, 5.41) is 3.00. The molecule has 136 valence electrons. The summed E-state index contributed by atoms with van der Waals surface area (Å²) in [5.74, 6) is 0.177. The average molecular weight is 350 g/mol. The van der Waals surface area contributed by atoms with E-state index in [-0.39, 0.29) is 17.7 Å². The van der Waals surface area contributed by atoms with E-state index in [4.69, 9.17) is 0 Å². The lowest BCUT2D eigenvalue weighted by atomic mass is 9.95. The molecule has 0 saturated carbocycles. The largest absolute Gasteiger partial charge is 0.342 e. The summed E-state index contributed by atoms with van der Waals surface area (Å²) in [6, 6.07) is 17.8. The summed E-state index contributed by atoms with van der Waals surface area (Å²) in [7, 11) is 0. The average Bonchev–Trinajstić information content (AvgIpc) is 2.69. The monoisotopic (exact) mass is 350 g/mol. The quantitative estimate of drug-likeness (QED) is 0.894. The van der Waals surface area contributed by atoms with Gasteiger partial charge in [-0.15, -0.1) is 0 Å². The highest BCUT2D eigenvalue weighted by atomic mass is 16.2. The highest BCUT2D eigenvalue weighted by Crippen LogP contribution is 2.20. The van der Waals surface area contributed by atoms with Gasteiger partial charge < -0.3 is 10.2 Å². The van der Waals surface area contributed by atoms with E-state index in [9.17, 15) is 9.59 Å². The summed E-state index contributed by atoms with van der Waals surface area (Å²) in [5.41, 5.74) is 3.14. The van der Waals surface area contributed by atoms with Crippen molar-refractivity contribution in [1.82, 2.24) is 4.90 Å². The van der Waals surface area contributed by atoms with Gasteiger partial charge in [0.1, 0.15) is 0 Å². The molecule has 2 amide bonds. The minimum atomic E-state index is -0.0263. The molecule has 3 rings (SSSR count). The second-order valence-corrected chi connectivity index (χ2v) is 6.86. The van der Waals surface area contributed by atoms with Crippen molar-refractivity contribution in [2.24, 2.45) is 5.92 Å². The van der Waals surface area contributed by atoms with Crippen molar-refractivity contribution < 1.29 is 9.59 Å². The molecule has 26 heavy (non-hydrogen) atoms. The third-order valence-corrected chi connectivity index (χ3v) is 5.05. The lowest BCUT2D eigenvalue weighted by Gasteiger charge is -2.31. The van der Waals surface area contributed by atoms with Gasteiger partial charge in [-0.25, -0.2) is 0 Å². The molecular weight excluding hydrogens is 324 g/mol. The zero-order chi connectivity index (χ0) is 18.4. The number of benzene rings is 2. The van der Waals surface area contributed by atoms with Gasteiger partial charge in [-0.05, 0) is 42.5 Å². The smallest absolute Gasteiger partial charge is 0.227 e. The molecule has 0 atom stereocenters. The zero-order valence-electron chi connectivity index (χ0n) is 15.3. The van der Waals surface area contributed by atoms with Crippen LogP contribution < -0.4 is 5.32 Å².